The van der Waals surface area contributed by atoms with Crippen molar-refractivity contribution >= 4 is 5.91 Å². The summed E-state index contributed by atoms with van der Waals surface area (Å²) >= 11 is 0. The van der Waals surface area contributed by atoms with Gasteiger partial charge in [-0.3, -0.25) is 4.79 Å². The van der Waals surface area contributed by atoms with E-state index in [9.17, 15) is 4.79 Å². The summed E-state index contributed by atoms with van der Waals surface area (Å²) in [6.07, 6.45) is 1.46. The van der Waals surface area contributed by atoms with Crippen molar-refractivity contribution in [3.63, 3.8) is 0 Å². The first-order chi connectivity index (χ1) is 9.10. The van der Waals surface area contributed by atoms with Gasteiger partial charge in [-0.05, 0) is 30.0 Å². The summed E-state index contributed by atoms with van der Waals surface area (Å²) in [7, 11) is 1.65. The molecule has 19 heavy (non-hydrogen) atoms. The van der Waals surface area contributed by atoms with Crippen LogP contribution in [0.2, 0.25) is 0 Å². The van der Waals surface area contributed by atoms with Crippen LogP contribution in [-0.4, -0.2) is 37.0 Å². The van der Waals surface area contributed by atoms with Crippen molar-refractivity contribution in [1.82, 2.24) is 4.90 Å². The van der Waals surface area contributed by atoms with Gasteiger partial charge in [0, 0.05) is 25.6 Å². The average molecular weight is 262 g/mol. The molecule has 0 aliphatic carbocycles. The minimum absolute atomic E-state index is 0.153. The molecule has 0 unspecified atom stereocenters. The van der Waals surface area contributed by atoms with Crippen molar-refractivity contribution in [2.24, 2.45) is 5.73 Å². The zero-order valence-electron chi connectivity index (χ0n) is 11.6. The van der Waals surface area contributed by atoms with E-state index in [4.69, 9.17) is 10.5 Å². The highest BCUT2D eigenvalue weighted by Crippen LogP contribution is 2.23. The minimum Gasteiger partial charge on any atom is -0.497 e. The summed E-state index contributed by atoms with van der Waals surface area (Å²) in [5.41, 5.74) is 6.99. The molecule has 1 aliphatic rings. The number of methoxy groups -OCH3 is 1. The third-order valence-corrected chi connectivity index (χ3v) is 3.74. The summed E-state index contributed by atoms with van der Waals surface area (Å²) in [5, 5.41) is 0. The first kappa shape index (κ1) is 13.9. The molecule has 1 aliphatic heterocycles. The predicted molar refractivity (Wildman–Crippen MR) is 75.2 cm³/mol. The summed E-state index contributed by atoms with van der Waals surface area (Å²) in [6, 6.07) is 8.06. The summed E-state index contributed by atoms with van der Waals surface area (Å²) in [5.74, 6) is 1.26. The molecular formula is C15H22N2O2. The maximum absolute atomic E-state index is 12.1. The van der Waals surface area contributed by atoms with E-state index in [-0.39, 0.29) is 17.9 Å². The molecule has 2 N–H and O–H groups in total. The molecule has 1 amide bonds. The zero-order valence-corrected chi connectivity index (χ0v) is 11.6. The number of hydrogen-bond donors (Lipinski definition) is 1. The molecule has 4 nitrogen and oxygen atoms in total. The van der Waals surface area contributed by atoms with Crippen molar-refractivity contribution in [2.45, 2.75) is 31.7 Å². The predicted octanol–water partition coefficient (Wildman–Crippen LogP) is 1.75. The van der Waals surface area contributed by atoms with Gasteiger partial charge in [0.2, 0.25) is 5.91 Å². The fourth-order valence-electron chi connectivity index (χ4n) is 2.46. The Kier molecular flexibility index (Phi) is 4.43. The topological polar surface area (TPSA) is 55.6 Å². The third-order valence-electron chi connectivity index (χ3n) is 3.74. The van der Waals surface area contributed by atoms with Gasteiger partial charge in [-0.1, -0.05) is 19.1 Å². The van der Waals surface area contributed by atoms with Crippen molar-refractivity contribution in [3.8, 4) is 5.75 Å². The van der Waals surface area contributed by atoms with Crippen LogP contribution in [0.4, 0.5) is 0 Å². The third kappa shape index (κ3) is 3.47. The number of nitrogens with zero attached hydrogens (tertiary/aromatic N) is 1. The number of amides is 1. The van der Waals surface area contributed by atoms with Crippen LogP contribution in [-0.2, 0) is 4.79 Å². The van der Waals surface area contributed by atoms with Crippen LogP contribution < -0.4 is 10.5 Å². The lowest BCUT2D eigenvalue weighted by molar-refractivity contribution is -0.130. The van der Waals surface area contributed by atoms with E-state index in [1.807, 2.05) is 29.2 Å². The van der Waals surface area contributed by atoms with E-state index in [0.717, 1.165) is 24.3 Å². The second kappa shape index (κ2) is 6.06. The van der Waals surface area contributed by atoms with Crippen molar-refractivity contribution in [2.75, 3.05) is 20.2 Å². The largest absolute Gasteiger partial charge is 0.497 e. The Labute approximate surface area is 114 Å². The maximum atomic E-state index is 12.1. The van der Waals surface area contributed by atoms with E-state index in [1.165, 1.54) is 0 Å². The van der Waals surface area contributed by atoms with Crippen LogP contribution in [0.1, 0.15) is 31.2 Å². The van der Waals surface area contributed by atoms with E-state index in [2.05, 4.69) is 6.92 Å². The monoisotopic (exact) mass is 262 g/mol. The molecule has 1 saturated heterocycles. The SMILES string of the molecule is COc1ccc([C@H](C)CC(=O)N2CC[C@H](N)C2)cc1. The van der Waals surface area contributed by atoms with Gasteiger partial charge in [0.25, 0.3) is 0 Å². The Bertz CT molecular complexity index is 430. The number of likely N-dealkylation sites (tertiary alicyclic amines) is 1. The van der Waals surface area contributed by atoms with Crippen LogP contribution in [0, 0.1) is 0 Å². The number of ether oxygens (including phenoxy) is 1. The molecule has 0 saturated carbocycles. The molecular weight excluding hydrogens is 240 g/mol. The van der Waals surface area contributed by atoms with Crippen LogP contribution in [0.5, 0.6) is 5.75 Å². The molecule has 0 spiro atoms. The molecule has 2 atom stereocenters. The zero-order chi connectivity index (χ0) is 13.8. The standard InChI is InChI=1S/C15H22N2O2/c1-11(12-3-5-14(19-2)6-4-12)9-15(18)17-8-7-13(16)10-17/h3-6,11,13H,7-10,16H2,1-2H3/t11-,13+/m1/s1. The second-order valence-corrected chi connectivity index (χ2v) is 5.27. The lowest BCUT2D eigenvalue weighted by Crippen LogP contribution is -2.32. The maximum Gasteiger partial charge on any atom is 0.223 e. The first-order valence-electron chi connectivity index (χ1n) is 6.77. The smallest absolute Gasteiger partial charge is 0.223 e. The number of carbonyl (C=O) groups excluding carboxylic acids is 1. The van der Waals surface area contributed by atoms with Crippen molar-refractivity contribution in [3.05, 3.63) is 29.8 Å². The summed E-state index contributed by atoms with van der Waals surface area (Å²) in [6.45, 7) is 3.58. The van der Waals surface area contributed by atoms with E-state index in [1.54, 1.807) is 7.11 Å². The van der Waals surface area contributed by atoms with Gasteiger partial charge in [0.1, 0.15) is 5.75 Å². The minimum atomic E-state index is 0.153. The Morgan fingerprint density at radius 3 is 2.68 bits per heavy atom. The van der Waals surface area contributed by atoms with Gasteiger partial charge in [0.05, 0.1) is 7.11 Å². The van der Waals surface area contributed by atoms with Gasteiger partial charge in [-0.25, -0.2) is 0 Å². The van der Waals surface area contributed by atoms with Crippen LogP contribution in [0.3, 0.4) is 0 Å². The van der Waals surface area contributed by atoms with Crippen LogP contribution in [0.25, 0.3) is 0 Å². The molecule has 4 heteroatoms. The van der Waals surface area contributed by atoms with Gasteiger partial charge < -0.3 is 15.4 Å². The highest BCUT2D eigenvalue weighted by Gasteiger charge is 2.24. The van der Waals surface area contributed by atoms with E-state index < -0.39 is 0 Å². The summed E-state index contributed by atoms with van der Waals surface area (Å²) in [4.78, 5) is 14.0. The Morgan fingerprint density at radius 1 is 1.47 bits per heavy atom. The molecule has 0 bridgehead atoms. The van der Waals surface area contributed by atoms with Crippen LogP contribution >= 0.6 is 0 Å². The fourth-order valence-corrected chi connectivity index (χ4v) is 2.46. The van der Waals surface area contributed by atoms with Crippen molar-refractivity contribution in [1.29, 1.82) is 0 Å². The Balaban J connectivity index is 1.92. The first-order valence-corrected chi connectivity index (χ1v) is 6.77. The van der Waals surface area contributed by atoms with E-state index in [0.29, 0.717) is 13.0 Å². The number of hydrogen-bond acceptors (Lipinski definition) is 3. The quantitative estimate of drug-likeness (QED) is 0.899. The second-order valence-electron chi connectivity index (χ2n) is 5.27. The molecule has 0 radical (unpaired) electrons. The van der Waals surface area contributed by atoms with Gasteiger partial charge >= 0.3 is 0 Å². The lowest BCUT2D eigenvalue weighted by atomic mass is 9.97. The molecule has 2 rings (SSSR count). The summed E-state index contributed by atoms with van der Waals surface area (Å²) < 4.78 is 5.13. The van der Waals surface area contributed by atoms with Gasteiger partial charge in [-0.2, -0.15) is 0 Å². The lowest BCUT2D eigenvalue weighted by Gasteiger charge is -2.19. The Hall–Kier alpha value is -1.55. The van der Waals surface area contributed by atoms with E-state index >= 15 is 0 Å². The van der Waals surface area contributed by atoms with Gasteiger partial charge in [0.15, 0.2) is 0 Å². The van der Waals surface area contributed by atoms with Crippen LogP contribution in [0.15, 0.2) is 24.3 Å². The Morgan fingerprint density at radius 2 is 2.16 bits per heavy atom. The van der Waals surface area contributed by atoms with Crippen molar-refractivity contribution < 1.29 is 9.53 Å². The average Bonchev–Trinajstić information content (AvgIpc) is 2.85. The number of nitrogens with two attached hydrogens (primary N) is 1. The molecule has 1 aromatic carbocycles. The molecule has 104 valence electrons. The molecule has 0 aromatic heterocycles. The number of benzene rings is 1. The normalized spacial score (nSPS) is 20.4. The van der Waals surface area contributed by atoms with Gasteiger partial charge in [-0.15, -0.1) is 0 Å². The highest BCUT2D eigenvalue weighted by atomic mass is 16.5. The number of rotatable bonds is 4. The fraction of sp³-hybridized carbons (Fsp3) is 0.533. The number of carbonyl (C=O) groups is 1. The molecule has 1 aromatic rings. The molecule has 1 heterocycles. The molecule has 1 fully saturated rings. The highest BCUT2D eigenvalue weighted by molar-refractivity contribution is 5.77.